The standard InChI is InChI=1S/C11H10ClF3N2O2/c12-6-1-2-9-8(3-6)17-7(5-19-9)4-16-10(18)11(13,14)15/h1-3,7,17H,4-5H2,(H,16,18). The lowest BCUT2D eigenvalue weighted by Crippen LogP contribution is -2.46. The highest BCUT2D eigenvalue weighted by atomic mass is 35.5. The predicted molar refractivity (Wildman–Crippen MR) is 63.4 cm³/mol. The molecular formula is C11H10ClF3N2O2. The zero-order chi connectivity index (χ0) is 14.0. The van der Waals surface area contributed by atoms with Crippen molar-refractivity contribution in [3.63, 3.8) is 0 Å². The van der Waals surface area contributed by atoms with Crippen LogP contribution >= 0.6 is 11.6 Å². The van der Waals surface area contributed by atoms with Crippen LogP contribution in [0.1, 0.15) is 0 Å². The van der Waals surface area contributed by atoms with E-state index in [-0.39, 0.29) is 13.2 Å². The molecule has 1 aliphatic rings. The fraction of sp³-hybridized carbons (Fsp3) is 0.364. The van der Waals surface area contributed by atoms with Crippen molar-refractivity contribution in [2.45, 2.75) is 12.2 Å². The smallest absolute Gasteiger partial charge is 0.471 e. The van der Waals surface area contributed by atoms with E-state index in [2.05, 4.69) is 5.32 Å². The molecule has 1 aromatic carbocycles. The summed E-state index contributed by atoms with van der Waals surface area (Å²) in [4.78, 5) is 10.7. The number of hydrogen-bond donors (Lipinski definition) is 2. The van der Waals surface area contributed by atoms with Crippen LogP contribution in [0.2, 0.25) is 5.02 Å². The molecule has 1 atom stereocenters. The molecule has 1 aliphatic heterocycles. The second kappa shape index (κ2) is 5.16. The summed E-state index contributed by atoms with van der Waals surface area (Å²) in [5.41, 5.74) is 0.588. The van der Waals surface area contributed by atoms with Crippen LogP contribution in [0, 0.1) is 0 Å². The van der Waals surface area contributed by atoms with Gasteiger partial charge in [-0.05, 0) is 18.2 Å². The number of benzene rings is 1. The van der Waals surface area contributed by atoms with Gasteiger partial charge in [0.1, 0.15) is 12.4 Å². The maximum absolute atomic E-state index is 12.0. The Labute approximate surface area is 111 Å². The third-order valence-corrected chi connectivity index (χ3v) is 2.74. The van der Waals surface area contributed by atoms with Gasteiger partial charge in [-0.15, -0.1) is 0 Å². The van der Waals surface area contributed by atoms with E-state index in [1.165, 1.54) is 0 Å². The van der Waals surface area contributed by atoms with Crippen molar-refractivity contribution in [1.29, 1.82) is 0 Å². The number of ether oxygens (including phenoxy) is 1. The number of fused-ring (bicyclic) bond motifs is 1. The van der Waals surface area contributed by atoms with Gasteiger partial charge in [0.2, 0.25) is 0 Å². The molecule has 1 amide bonds. The van der Waals surface area contributed by atoms with Crippen LogP contribution < -0.4 is 15.4 Å². The first-order valence-corrected chi connectivity index (χ1v) is 5.78. The molecule has 0 aliphatic carbocycles. The lowest BCUT2D eigenvalue weighted by atomic mass is 10.2. The second-order valence-corrected chi connectivity index (χ2v) is 4.44. The Bertz CT molecular complexity index is 493. The molecule has 0 bridgehead atoms. The first-order valence-electron chi connectivity index (χ1n) is 5.40. The van der Waals surface area contributed by atoms with E-state index in [1.54, 1.807) is 23.5 Å². The number of carbonyl (C=O) groups is 1. The highest BCUT2D eigenvalue weighted by molar-refractivity contribution is 6.30. The minimum absolute atomic E-state index is 0.159. The average molecular weight is 295 g/mol. The summed E-state index contributed by atoms with van der Waals surface area (Å²) < 4.78 is 41.4. The highest BCUT2D eigenvalue weighted by Gasteiger charge is 2.38. The minimum atomic E-state index is -4.88. The highest BCUT2D eigenvalue weighted by Crippen LogP contribution is 2.31. The van der Waals surface area contributed by atoms with Gasteiger partial charge in [0.15, 0.2) is 0 Å². The fourth-order valence-electron chi connectivity index (χ4n) is 1.62. The Morgan fingerprint density at radius 2 is 2.26 bits per heavy atom. The van der Waals surface area contributed by atoms with Crippen molar-refractivity contribution in [3.05, 3.63) is 23.2 Å². The van der Waals surface area contributed by atoms with Gasteiger partial charge in [0.25, 0.3) is 0 Å². The molecule has 0 fully saturated rings. The molecular weight excluding hydrogens is 285 g/mol. The maximum Gasteiger partial charge on any atom is 0.471 e. The van der Waals surface area contributed by atoms with Gasteiger partial charge in [-0.3, -0.25) is 4.79 Å². The topological polar surface area (TPSA) is 50.4 Å². The zero-order valence-electron chi connectivity index (χ0n) is 9.55. The molecule has 19 heavy (non-hydrogen) atoms. The second-order valence-electron chi connectivity index (χ2n) is 4.00. The molecule has 1 heterocycles. The number of amides is 1. The van der Waals surface area contributed by atoms with E-state index >= 15 is 0 Å². The summed E-state index contributed by atoms with van der Waals surface area (Å²) in [5, 5.41) is 5.23. The Morgan fingerprint density at radius 1 is 1.53 bits per heavy atom. The number of hydrogen-bond acceptors (Lipinski definition) is 3. The van der Waals surface area contributed by atoms with E-state index in [0.29, 0.717) is 16.5 Å². The number of anilines is 1. The van der Waals surface area contributed by atoms with Crippen LogP contribution in [-0.4, -0.2) is 31.3 Å². The van der Waals surface area contributed by atoms with Crippen molar-refractivity contribution >= 4 is 23.2 Å². The molecule has 104 valence electrons. The molecule has 1 aromatic rings. The molecule has 0 aromatic heterocycles. The number of halogens is 4. The SMILES string of the molecule is O=C(NCC1COc2ccc(Cl)cc2N1)C(F)(F)F. The van der Waals surface area contributed by atoms with Gasteiger partial charge in [-0.25, -0.2) is 0 Å². The molecule has 8 heteroatoms. The van der Waals surface area contributed by atoms with Gasteiger partial charge in [-0.1, -0.05) is 11.6 Å². The average Bonchev–Trinajstić information content (AvgIpc) is 2.34. The Balaban J connectivity index is 1.93. The maximum atomic E-state index is 12.0. The van der Waals surface area contributed by atoms with Crippen LogP contribution in [0.15, 0.2) is 18.2 Å². The van der Waals surface area contributed by atoms with E-state index in [4.69, 9.17) is 16.3 Å². The molecule has 0 saturated heterocycles. The Morgan fingerprint density at radius 3 is 2.95 bits per heavy atom. The summed E-state index contributed by atoms with van der Waals surface area (Å²) in [7, 11) is 0. The first-order chi connectivity index (χ1) is 8.86. The summed E-state index contributed by atoms with van der Waals surface area (Å²) in [6, 6.07) is 4.47. The zero-order valence-corrected chi connectivity index (χ0v) is 10.3. The Kier molecular flexibility index (Phi) is 3.75. The van der Waals surface area contributed by atoms with Gasteiger partial charge in [-0.2, -0.15) is 13.2 Å². The third-order valence-electron chi connectivity index (χ3n) is 2.51. The molecule has 0 saturated carbocycles. The Hall–Kier alpha value is -1.63. The van der Waals surface area contributed by atoms with Gasteiger partial charge >= 0.3 is 12.1 Å². The molecule has 4 nitrogen and oxygen atoms in total. The third kappa shape index (κ3) is 3.44. The van der Waals surface area contributed by atoms with Gasteiger partial charge < -0.3 is 15.4 Å². The van der Waals surface area contributed by atoms with Gasteiger partial charge in [0.05, 0.1) is 11.7 Å². The molecule has 1 unspecified atom stereocenters. The van der Waals surface area contributed by atoms with Crippen molar-refractivity contribution in [3.8, 4) is 5.75 Å². The van der Waals surface area contributed by atoms with Crippen LogP contribution in [0.4, 0.5) is 18.9 Å². The summed E-state index contributed by atoms with van der Waals surface area (Å²) in [5.74, 6) is -1.39. The van der Waals surface area contributed by atoms with E-state index in [9.17, 15) is 18.0 Å². The summed E-state index contributed by atoms with van der Waals surface area (Å²) in [6.45, 7) is -0.0307. The molecule has 2 N–H and O–H groups in total. The van der Waals surface area contributed by atoms with Crippen LogP contribution in [0.5, 0.6) is 5.75 Å². The summed E-state index contributed by atoms with van der Waals surface area (Å²) in [6.07, 6.45) is -4.88. The van der Waals surface area contributed by atoms with E-state index in [0.717, 1.165) is 0 Å². The van der Waals surface area contributed by atoms with Gasteiger partial charge in [0, 0.05) is 11.6 Å². The number of alkyl halides is 3. The van der Waals surface area contributed by atoms with E-state index in [1.807, 2.05) is 0 Å². The number of nitrogens with one attached hydrogen (secondary N) is 2. The number of rotatable bonds is 2. The normalized spacial score (nSPS) is 18.0. The van der Waals surface area contributed by atoms with Crippen LogP contribution in [0.25, 0.3) is 0 Å². The van der Waals surface area contributed by atoms with E-state index < -0.39 is 18.1 Å². The lowest BCUT2D eigenvalue weighted by molar-refractivity contribution is -0.173. The largest absolute Gasteiger partial charge is 0.489 e. The molecule has 2 rings (SSSR count). The number of carbonyl (C=O) groups excluding carboxylic acids is 1. The predicted octanol–water partition coefficient (Wildman–Crippen LogP) is 2.19. The van der Waals surface area contributed by atoms with Crippen molar-refractivity contribution in [1.82, 2.24) is 5.32 Å². The first kappa shape index (κ1) is 13.8. The molecule has 0 radical (unpaired) electrons. The van der Waals surface area contributed by atoms with Crippen molar-refractivity contribution < 1.29 is 22.7 Å². The van der Waals surface area contributed by atoms with Crippen LogP contribution in [-0.2, 0) is 4.79 Å². The fourth-order valence-corrected chi connectivity index (χ4v) is 1.79. The quantitative estimate of drug-likeness (QED) is 0.879. The lowest BCUT2D eigenvalue weighted by Gasteiger charge is -2.27. The molecule has 0 spiro atoms. The van der Waals surface area contributed by atoms with Crippen molar-refractivity contribution in [2.24, 2.45) is 0 Å². The van der Waals surface area contributed by atoms with Crippen molar-refractivity contribution in [2.75, 3.05) is 18.5 Å². The monoisotopic (exact) mass is 294 g/mol. The summed E-state index contributed by atoms with van der Waals surface area (Å²) >= 11 is 5.80. The minimum Gasteiger partial charge on any atom is -0.489 e. The van der Waals surface area contributed by atoms with Crippen LogP contribution in [0.3, 0.4) is 0 Å².